The minimum Gasteiger partial charge on any atom is -0.275 e. The lowest BCUT2D eigenvalue weighted by Crippen LogP contribution is -1.78. The third-order valence-electron chi connectivity index (χ3n) is 1.69. The lowest BCUT2D eigenvalue weighted by molar-refractivity contribution is 0.108. The standard InChI is InChI=1S/C9H4BrClOS/c10-6-3-1-2-5-4-7(9(11)12)13-8(5)6/h1-4H. The summed E-state index contributed by atoms with van der Waals surface area (Å²) in [7, 11) is 0. The highest BCUT2D eigenvalue weighted by Gasteiger charge is 2.08. The minimum atomic E-state index is -0.395. The average molecular weight is 276 g/mol. The van der Waals surface area contributed by atoms with Gasteiger partial charge in [-0.2, -0.15) is 0 Å². The molecule has 0 bridgehead atoms. The lowest BCUT2D eigenvalue weighted by Gasteiger charge is -1.89. The summed E-state index contributed by atoms with van der Waals surface area (Å²) >= 11 is 10.2. The van der Waals surface area contributed by atoms with Crippen LogP contribution in [-0.2, 0) is 0 Å². The van der Waals surface area contributed by atoms with Crippen molar-refractivity contribution in [3.63, 3.8) is 0 Å². The summed E-state index contributed by atoms with van der Waals surface area (Å²) in [6.07, 6.45) is 0. The van der Waals surface area contributed by atoms with Gasteiger partial charge in [-0.05, 0) is 45.0 Å². The molecule has 1 nitrogen and oxygen atoms in total. The smallest absolute Gasteiger partial charge is 0.262 e. The van der Waals surface area contributed by atoms with E-state index in [0.29, 0.717) is 4.88 Å². The Balaban J connectivity index is 2.75. The van der Waals surface area contributed by atoms with Gasteiger partial charge in [-0.3, -0.25) is 4.79 Å². The zero-order valence-electron chi connectivity index (χ0n) is 6.38. The summed E-state index contributed by atoms with van der Waals surface area (Å²) < 4.78 is 2.06. The van der Waals surface area contributed by atoms with Gasteiger partial charge in [0.1, 0.15) is 0 Å². The topological polar surface area (TPSA) is 17.1 Å². The van der Waals surface area contributed by atoms with Gasteiger partial charge in [-0.15, -0.1) is 11.3 Å². The molecule has 0 fully saturated rings. The van der Waals surface area contributed by atoms with E-state index in [4.69, 9.17) is 11.6 Å². The third kappa shape index (κ3) is 1.64. The predicted octanol–water partition coefficient (Wildman–Crippen LogP) is 4.04. The van der Waals surface area contributed by atoms with E-state index < -0.39 is 5.24 Å². The molecule has 0 N–H and O–H groups in total. The van der Waals surface area contributed by atoms with Crippen LogP contribution in [-0.4, -0.2) is 5.24 Å². The molecular formula is C9H4BrClOS. The highest BCUT2D eigenvalue weighted by atomic mass is 79.9. The number of fused-ring (bicyclic) bond motifs is 1. The first-order valence-corrected chi connectivity index (χ1v) is 5.55. The van der Waals surface area contributed by atoms with E-state index in [1.807, 2.05) is 18.2 Å². The Hall–Kier alpha value is -0.380. The Morgan fingerprint density at radius 2 is 2.23 bits per heavy atom. The first-order chi connectivity index (χ1) is 6.18. The zero-order chi connectivity index (χ0) is 9.42. The van der Waals surface area contributed by atoms with Crippen molar-refractivity contribution < 1.29 is 4.79 Å². The van der Waals surface area contributed by atoms with E-state index in [0.717, 1.165) is 14.6 Å². The summed E-state index contributed by atoms with van der Waals surface area (Å²) in [4.78, 5) is 11.5. The summed E-state index contributed by atoms with van der Waals surface area (Å²) in [5.41, 5.74) is 0. The summed E-state index contributed by atoms with van der Waals surface area (Å²) in [6, 6.07) is 7.64. The van der Waals surface area contributed by atoms with Crippen LogP contribution >= 0.6 is 38.9 Å². The SMILES string of the molecule is O=C(Cl)c1cc2cccc(Br)c2s1. The van der Waals surface area contributed by atoms with Crippen molar-refractivity contribution >= 4 is 54.2 Å². The van der Waals surface area contributed by atoms with Gasteiger partial charge in [0.25, 0.3) is 5.24 Å². The molecule has 0 amide bonds. The van der Waals surface area contributed by atoms with Crippen LogP contribution < -0.4 is 0 Å². The van der Waals surface area contributed by atoms with Crippen molar-refractivity contribution in [1.82, 2.24) is 0 Å². The van der Waals surface area contributed by atoms with E-state index >= 15 is 0 Å². The second-order valence-electron chi connectivity index (χ2n) is 2.54. The molecule has 0 saturated carbocycles. The molecule has 0 saturated heterocycles. The Morgan fingerprint density at radius 1 is 1.46 bits per heavy atom. The quantitative estimate of drug-likeness (QED) is 0.718. The second kappa shape index (κ2) is 3.40. The Labute approximate surface area is 92.5 Å². The number of halogens is 2. The maximum atomic E-state index is 10.9. The van der Waals surface area contributed by atoms with E-state index in [1.54, 1.807) is 6.07 Å². The fraction of sp³-hybridized carbons (Fsp3) is 0. The molecule has 2 rings (SSSR count). The number of rotatable bonds is 1. The Bertz CT molecular complexity index is 477. The number of thiophene rings is 1. The van der Waals surface area contributed by atoms with Crippen LogP contribution in [0.1, 0.15) is 9.67 Å². The highest BCUT2D eigenvalue weighted by Crippen LogP contribution is 2.32. The van der Waals surface area contributed by atoms with Crippen molar-refractivity contribution in [2.24, 2.45) is 0 Å². The molecule has 0 aliphatic carbocycles. The van der Waals surface area contributed by atoms with Crippen molar-refractivity contribution in [2.45, 2.75) is 0 Å². The maximum Gasteiger partial charge on any atom is 0.262 e. The van der Waals surface area contributed by atoms with Crippen molar-refractivity contribution in [3.05, 3.63) is 33.6 Å². The van der Waals surface area contributed by atoms with Gasteiger partial charge in [0.2, 0.25) is 0 Å². The van der Waals surface area contributed by atoms with Crippen LogP contribution in [0.4, 0.5) is 0 Å². The van der Waals surface area contributed by atoms with Crippen LogP contribution in [0.3, 0.4) is 0 Å². The maximum absolute atomic E-state index is 10.9. The molecule has 0 unspecified atom stereocenters. The molecule has 0 radical (unpaired) electrons. The minimum absolute atomic E-state index is 0.395. The summed E-state index contributed by atoms with van der Waals surface area (Å²) in [5, 5.41) is 0.650. The molecular weight excluding hydrogens is 272 g/mol. The largest absolute Gasteiger partial charge is 0.275 e. The second-order valence-corrected chi connectivity index (χ2v) is 4.79. The molecule has 13 heavy (non-hydrogen) atoms. The van der Waals surface area contributed by atoms with Gasteiger partial charge < -0.3 is 0 Å². The fourth-order valence-electron chi connectivity index (χ4n) is 1.12. The molecule has 1 heterocycles. The van der Waals surface area contributed by atoms with Crippen LogP contribution in [0.5, 0.6) is 0 Å². The van der Waals surface area contributed by atoms with Crippen LogP contribution in [0, 0.1) is 0 Å². The van der Waals surface area contributed by atoms with Gasteiger partial charge in [0.15, 0.2) is 0 Å². The van der Waals surface area contributed by atoms with Crippen LogP contribution in [0.2, 0.25) is 0 Å². The van der Waals surface area contributed by atoms with E-state index in [1.165, 1.54) is 11.3 Å². The molecule has 0 aliphatic heterocycles. The average Bonchev–Trinajstić information content (AvgIpc) is 2.49. The third-order valence-corrected chi connectivity index (χ3v) is 4.11. The molecule has 1 aromatic heterocycles. The fourth-order valence-corrected chi connectivity index (χ4v) is 2.82. The van der Waals surface area contributed by atoms with E-state index in [-0.39, 0.29) is 0 Å². The number of carbonyl (C=O) groups is 1. The van der Waals surface area contributed by atoms with Gasteiger partial charge in [-0.25, -0.2) is 0 Å². The molecule has 2 aromatic rings. The highest BCUT2D eigenvalue weighted by molar-refractivity contribution is 9.10. The van der Waals surface area contributed by atoms with Gasteiger partial charge >= 0.3 is 0 Å². The Kier molecular flexibility index (Phi) is 2.41. The Morgan fingerprint density at radius 3 is 2.85 bits per heavy atom. The van der Waals surface area contributed by atoms with Crippen LogP contribution in [0.25, 0.3) is 10.1 Å². The summed E-state index contributed by atoms with van der Waals surface area (Å²) in [6.45, 7) is 0. The predicted molar refractivity (Wildman–Crippen MR) is 59.7 cm³/mol. The van der Waals surface area contributed by atoms with Gasteiger partial charge in [0, 0.05) is 9.17 Å². The number of hydrogen-bond donors (Lipinski definition) is 0. The molecule has 4 heteroatoms. The number of hydrogen-bond acceptors (Lipinski definition) is 2. The lowest BCUT2D eigenvalue weighted by atomic mass is 10.2. The summed E-state index contributed by atoms with van der Waals surface area (Å²) in [5.74, 6) is 0. The molecule has 1 aromatic carbocycles. The van der Waals surface area contributed by atoms with Gasteiger partial charge in [0.05, 0.1) is 4.88 Å². The van der Waals surface area contributed by atoms with Gasteiger partial charge in [-0.1, -0.05) is 12.1 Å². The van der Waals surface area contributed by atoms with E-state index in [9.17, 15) is 4.79 Å². The van der Waals surface area contributed by atoms with E-state index in [2.05, 4.69) is 15.9 Å². The van der Waals surface area contributed by atoms with Crippen molar-refractivity contribution in [1.29, 1.82) is 0 Å². The van der Waals surface area contributed by atoms with Crippen molar-refractivity contribution in [3.8, 4) is 0 Å². The van der Waals surface area contributed by atoms with Crippen molar-refractivity contribution in [2.75, 3.05) is 0 Å². The normalized spacial score (nSPS) is 10.6. The zero-order valence-corrected chi connectivity index (χ0v) is 9.54. The molecule has 0 atom stereocenters. The monoisotopic (exact) mass is 274 g/mol. The first-order valence-electron chi connectivity index (χ1n) is 3.56. The first kappa shape index (κ1) is 9.19. The van der Waals surface area contributed by atoms with Crippen LogP contribution in [0.15, 0.2) is 28.7 Å². The molecule has 66 valence electrons. The molecule has 0 aliphatic rings. The molecule has 0 spiro atoms. The number of benzene rings is 1. The number of carbonyl (C=O) groups excluding carboxylic acids is 1.